The van der Waals surface area contributed by atoms with Crippen LogP contribution in [-0.4, -0.2) is 30.6 Å². The van der Waals surface area contributed by atoms with Gasteiger partial charge in [0.1, 0.15) is 6.17 Å². The lowest BCUT2D eigenvalue weighted by Crippen LogP contribution is -2.43. The quantitative estimate of drug-likeness (QED) is 0.726. The molecule has 1 amide bonds. The summed E-state index contributed by atoms with van der Waals surface area (Å²) >= 11 is 0. The van der Waals surface area contributed by atoms with Gasteiger partial charge in [-0.15, -0.1) is 6.58 Å². The lowest BCUT2D eigenvalue weighted by atomic mass is 10.0. The Morgan fingerprint density at radius 3 is 2.74 bits per heavy atom. The van der Waals surface area contributed by atoms with E-state index in [4.69, 9.17) is 9.47 Å². The van der Waals surface area contributed by atoms with Crippen molar-refractivity contribution in [3.63, 3.8) is 0 Å². The van der Waals surface area contributed by atoms with Crippen LogP contribution in [0.25, 0.3) is 0 Å². The number of methoxy groups -OCH3 is 1. The summed E-state index contributed by atoms with van der Waals surface area (Å²) in [5.74, 6) is 1.33. The largest absolute Gasteiger partial charge is 0.493 e. The summed E-state index contributed by atoms with van der Waals surface area (Å²) in [4.78, 5) is 14.7. The van der Waals surface area contributed by atoms with Crippen molar-refractivity contribution in [2.24, 2.45) is 0 Å². The van der Waals surface area contributed by atoms with E-state index in [1.54, 1.807) is 18.1 Å². The lowest BCUT2D eigenvalue weighted by Gasteiger charge is -2.37. The van der Waals surface area contributed by atoms with Crippen molar-refractivity contribution in [1.82, 2.24) is 4.90 Å². The first-order valence-corrected chi connectivity index (χ1v) is 9.21. The van der Waals surface area contributed by atoms with Gasteiger partial charge in [-0.2, -0.15) is 0 Å². The van der Waals surface area contributed by atoms with Crippen LogP contribution >= 0.6 is 0 Å². The molecule has 0 saturated carbocycles. The first-order valence-electron chi connectivity index (χ1n) is 9.21. The highest BCUT2D eigenvalue weighted by Gasteiger charge is 2.32. The zero-order valence-corrected chi connectivity index (χ0v) is 16.1. The SMILES string of the molecule is C=CCN1C(=O)c2ccccc2NC1c1ccc(OC(C)CC)c(OC)c1. The highest BCUT2D eigenvalue weighted by atomic mass is 16.5. The van der Waals surface area contributed by atoms with Gasteiger partial charge in [-0.1, -0.05) is 31.2 Å². The van der Waals surface area contributed by atoms with Crippen LogP contribution in [0.2, 0.25) is 0 Å². The van der Waals surface area contributed by atoms with E-state index < -0.39 is 0 Å². The van der Waals surface area contributed by atoms with Crippen LogP contribution in [-0.2, 0) is 0 Å². The predicted molar refractivity (Wildman–Crippen MR) is 107 cm³/mol. The zero-order valence-electron chi connectivity index (χ0n) is 16.1. The Bertz CT molecular complexity index is 834. The normalized spacial score (nSPS) is 16.9. The first-order chi connectivity index (χ1) is 13.1. The number of fused-ring (bicyclic) bond motifs is 1. The Balaban J connectivity index is 1.98. The number of rotatable bonds is 7. The van der Waals surface area contributed by atoms with Gasteiger partial charge in [-0.25, -0.2) is 0 Å². The summed E-state index contributed by atoms with van der Waals surface area (Å²) in [7, 11) is 1.62. The highest BCUT2D eigenvalue weighted by Crippen LogP contribution is 2.37. The van der Waals surface area contributed by atoms with Crippen LogP contribution in [0.4, 0.5) is 5.69 Å². The number of anilines is 1. The summed E-state index contributed by atoms with van der Waals surface area (Å²) in [5, 5.41) is 3.46. The van der Waals surface area contributed by atoms with Crippen molar-refractivity contribution < 1.29 is 14.3 Å². The number of ether oxygens (including phenoxy) is 2. The molecule has 0 aliphatic carbocycles. The number of amides is 1. The zero-order chi connectivity index (χ0) is 19.4. The van der Waals surface area contributed by atoms with E-state index in [-0.39, 0.29) is 18.2 Å². The number of carbonyl (C=O) groups is 1. The molecule has 0 spiro atoms. The van der Waals surface area contributed by atoms with Gasteiger partial charge >= 0.3 is 0 Å². The minimum atomic E-state index is -0.308. The Labute approximate surface area is 160 Å². The third-order valence-corrected chi connectivity index (χ3v) is 4.75. The van der Waals surface area contributed by atoms with E-state index in [0.29, 0.717) is 23.6 Å². The fraction of sp³-hybridized carbons (Fsp3) is 0.318. The summed E-state index contributed by atoms with van der Waals surface area (Å²) in [6.45, 7) is 8.34. The van der Waals surface area contributed by atoms with Crippen molar-refractivity contribution >= 4 is 11.6 Å². The lowest BCUT2D eigenvalue weighted by molar-refractivity contribution is 0.0707. The molecule has 0 aromatic heterocycles. The Kier molecular flexibility index (Phi) is 5.69. The van der Waals surface area contributed by atoms with Crippen molar-refractivity contribution in [1.29, 1.82) is 0 Å². The summed E-state index contributed by atoms with van der Waals surface area (Å²) < 4.78 is 11.5. The van der Waals surface area contributed by atoms with Gasteiger partial charge in [0.2, 0.25) is 0 Å². The predicted octanol–water partition coefficient (Wildman–Crippen LogP) is 4.63. The highest BCUT2D eigenvalue weighted by molar-refractivity contribution is 6.01. The van der Waals surface area contributed by atoms with Crippen molar-refractivity contribution in [2.75, 3.05) is 19.0 Å². The van der Waals surface area contributed by atoms with Gasteiger partial charge < -0.3 is 19.7 Å². The maximum absolute atomic E-state index is 13.0. The number of nitrogens with one attached hydrogen (secondary N) is 1. The molecule has 3 rings (SSSR count). The number of nitrogens with zero attached hydrogens (tertiary/aromatic N) is 1. The first kappa shape index (κ1) is 18.8. The van der Waals surface area contributed by atoms with Crippen LogP contribution in [0.1, 0.15) is 42.4 Å². The molecule has 0 radical (unpaired) electrons. The third-order valence-electron chi connectivity index (χ3n) is 4.75. The van der Waals surface area contributed by atoms with Crippen molar-refractivity contribution in [2.45, 2.75) is 32.5 Å². The molecule has 27 heavy (non-hydrogen) atoms. The van der Waals surface area contributed by atoms with Gasteiger partial charge in [-0.05, 0) is 43.2 Å². The number of benzene rings is 2. The molecule has 0 fully saturated rings. The van der Waals surface area contributed by atoms with Gasteiger partial charge in [0.25, 0.3) is 5.91 Å². The molecule has 2 atom stereocenters. The molecule has 5 nitrogen and oxygen atoms in total. The smallest absolute Gasteiger partial charge is 0.258 e. The van der Waals surface area contributed by atoms with E-state index in [1.807, 2.05) is 49.4 Å². The number of carbonyl (C=O) groups excluding carboxylic acids is 1. The Hall–Kier alpha value is -2.95. The van der Waals surface area contributed by atoms with Crippen molar-refractivity contribution in [3.05, 3.63) is 66.2 Å². The summed E-state index contributed by atoms with van der Waals surface area (Å²) in [6.07, 6.45) is 2.44. The van der Waals surface area contributed by atoms with Gasteiger partial charge in [0.05, 0.1) is 18.8 Å². The molecule has 2 unspecified atom stereocenters. The van der Waals surface area contributed by atoms with Gasteiger partial charge in [-0.3, -0.25) is 4.79 Å². The molecule has 1 N–H and O–H groups in total. The van der Waals surface area contributed by atoms with Crippen LogP contribution < -0.4 is 14.8 Å². The second-order valence-electron chi connectivity index (χ2n) is 6.59. The summed E-state index contributed by atoms with van der Waals surface area (Å²) in [6, 6.07) is 13.3. The minimum absolute atomic E-state index is 0.0202. The fourth-order valence-electron chi connectivity index (χ4n) is 3.14. The average molecular weight is 366 g/mol. The molecule has 2 aromatic carbocycles. The van der Waals surface area contributed by atoms with Crippen molar-refractivity contribution in [3.8, 4) is 11.5 Å². The fourth-order valence-corrected chi connectivity index (χ4v) is 3.14. The van der Waals surface area contributed by atoms with E-state index in [2.05, 4.69) is 18.8 Å². The topological polar surface area (TPSA) is 50.8 Å². The molecule has 1 aliphatic heterocycles. The van der Waals surface area contributed by atoms with Crippen LogP contribution in [0, 0.1) is 0 Å². The van der Waals surface area contributed by atoms with Crippen LogP contribution in [0.3, 0.4) is 0 Å². The molecule has 0 bridgehead atoms. The van der Waals surface area contributed by atoms with E-state index in [9.17, 15) is 4.79 Å². The number of para-hydroxylation sites is 1. The molecular weight excluding hydrogens is 340 g/mol. The molecule has 5 heteroatoms. The Morgan fingerprint density at radius 2 is 2.04 bits per heavy atom. The van der Waals surface area contributed by atoms with Crippen LogP contribution in [0.15, 0.2) is 55.1 Å². The Morgan fingerprint density at radius 1 is 1.26 bits per heavy atom. The van der Waals surface area contributed by atoms with Gasteiger partial charge in [0, 0.05) is 12.2 Å². The third kappa shape index (κ3) is 3.77. The molecule has 1 aliphatic rings. The number of hydrogen-bond acceptors (Lipinski definition) is 4. The maximum atomic E-state index is 13.0. The molecule has 1 heterocycles. The maximum Gasteiger partial charge on any atom is 0.258 e. The second kappa shape index (κ2) is 8.16. The minimum Gasteiger partial charge on any atom is -0.493 e. The standard InChI is InChI=1S/C22H26N2O3/c1-5-13-24-21(23-18-10-8-7-9-17(18)22(24)25)16-11-12-19(20(14-16)26-4)27-15(3)6-2/h5,7-12,14-15,21,23H,1,6,13H2,2-4H3. The monoisotopic (exact) mass is 366 g/mol. The second-order valence-corrected chi connectivity index (χ2v) is 6.59. The van der Waals surface area contributed by atoms with Crippen LogP contribution in [0.5, 0.6) is 11.5 Å². The number of hydrogen-bond donors (Lipinski definition) is 1. The summed E-state index contributed by atoms with van der Waals surface area (Å²) in [5.41, 5.74) is 2.42. The van der Waals surface area contributed by atoms with E-state index >= 15 is 0 Å². The molecule has 2 aromatic rings. The van der Waals surface area contributed by atoms with E-state index in [0.717, 1.165) is 17.7 Å². The molecular formula is C22H26N2O3. The van der Waals surface area contributed by atoms with E-state index in [1.165, 1.54) is 0 Å². The average Bonchev–Trinajstić information content (AvgIpc) is 2.70. The molecule has 0 saturated heterocycles. The van der Waals surface area contributed by atoms with Gasteiger partial charge in [0.15, 0.2) is 11.5 Å². The molecule has 142 valence electrons.